The summed E-state index contributed by atoms with van der Waals surface area (Å²) in [7, 11) is 1.65. The lowest BCUT2D eigenvalue weighted by Gasteiger charge is -2.31. The van der Waals surface area contributed by atoms with E-state index in [0.29, 0.717) is 6.61 Å². The van der Waals surface area contributed by atoms with Gasteiger partial charge in [0.05, 0.1) is 6.61 Å². The van der Waals surface area contributed by atoms with E-state index in [1.807, 2.05) is 19.1 Å². The van der Waals surface area contributed by atoms with Gasteiger partial charge in [0, 0.05) is 30.6 Å². The predicted molar refractivity (Wildman–Crippen MR) is 88.9 cm³/mol. The molecule has 1 fully saturated rings. The molecular weight excluding hydrogens is 300 g/mol. The lowest BCUT2D eigenvalue weighted by atomic mass is 9.95. The maximum atomic E-state index is 12.2. The maximum Gasteiger partial charge on any atom is 0.223 e. The average Bonchev–Trinajstić information content (AvgIpc) is 2.50. The molecule has 4 nitrogen and oxygen atoms in total. The predicted octanol–water partition coefficient (Wildman–Crippen LogP) is 2.70. The van der Waals surface area contributed by atoms with Gasteiger partial charge >= 0.3 is 0 Å². The summed E-state index contributed by atoms with van der Waals surface area (Å²) in [6, 6.07) is 8.05. The number of amides is 1. The summed E-state index contributed by atoms with van der Waals surface area (Å²) < 4.78 is 5.05. The van der Waals surface area contributed by atoms with Crippen molar-refractivity contribution in [3.8, 4) is 0 Å². The van der Waals surface area contributed by atoms with Gasteiger partial charge in [-0.25, -0.2) is 0 Å². The van der Waals surface area contributed by atoms with Gasteiger partial charge in [0.1, 0.15) is 0 Å². The molecule has 1 amide bonds. The molecule has 0 bridgehead atoms. The number of ether oxygens (including phenoxy) is 1. The third-order valence-corrected chi connectivity index (χ3v) is 4.34. The van der Waals surface area contributed by atoms with Crippen LogP contribution in [0.3, 0.4) is 0 Å². The molecule has 1 atom stereocenters. The molecule has 5 heteroatoms. The highest BCUT2D eigenvalue weighted by Gasteiger charge is 2.25. The highest BCUT2D eigenvalue weighted by atomic mass is 35.5. The first-order valence-electron chi connectivity index (χ1n) is 7.84. The fourth-order valence-corrected chi connectivity index (χ4v) is 2.98. The van der Waals surface area contributed by atoms with Crippen LogP contribution in [0.1, 0.15) is 25.3 Å². The molecule has 122 valence electrons. The Kier molecular flexibility index (Phi) is 6.68. The van der Waals surface area contributed by atoms with Crippen LogP contribution in [0.4, 0.5) is 0 Å². The van der Waals surface area contributed by atoms with Crippen LogP contribution in [0.2, 0.25) is 5.02 Å². The zero-order valence-corrected chi connectivity index (χ0v) is 14.1. The molecule has 1 aliphatic heterocycles. The van der Waals surface area contributed by atoms with E-state index in [1.54, 1.807) is 7.11 Å². The Morgan fingerprint density at radius 3 is 2.59 bits per heavy atom. The number of rotatable bonds is 6. The van der Waals surface area contributed by atoms with E-state index in [1.165, 1.54) is 5.56 Å². The molecule has 1 aliphatic rings. The maximum absolute atomic E-state index is 12.2. The van der Waals surface area contributed by atoms with Crippen molar-refractivity contribution in [2.24, 2.45) is 5.92 Å². The Bertz CT molecular complexity index is 470. The summed E-state index contributed by atoms with van der Waals surface area (Å²) in [5.74, 6) is 0.288. The van der Waals surface area contributed by atoms with Crippen molar-refractivity contribution < 1.29 is 9.53 Å². The molecule has 0 saturated carbocycles. The Morgan fingerprint density at radius 2 is 2.00 bits per heavy atom. The Morgan fingerprint density at radius 1 is 1.36 bits per heavy atom. The van der Waals surface area contributed by atoms with E-state index in [2.05, 4.69) is 22.3 Å². The molecule has 1 aromatic rings. The van der Waals surface area contributed by atoms with Crippen molar-refractivity contribution in [1.29, 1.82) is 0 Å². The molecule has 1 saturated heterocycles. The fraction of sp³-hybridized carbons (Fsp3) is 0.588. The number of benzene rings is 1. The van der Waals surface area contributed by atoms with E-state index in [0.717, 1.165) is 37.5 Å². The van der Waals surface area contributed by atoms with Gasteiger partial charge in [-0.15, -0.1) is 0 Å². The number of piperidine rings is 1. The third-order valence-electron chi connectivity index (χ3n) is 4.08. The van der Waals surface area contributed by atoms with E-state index >= 15 is 0 Å². The molecule has 0 spiro atoms. The van der Waals surface area contributed by atoms with E-state index in [9.17, 15) is 4.79 Å². The van der Waals surface area contributed by atoms with Gasteiger partial charge < -0.3 is 10.1 Å². The first kappa shape index (κ1) is 17.3. The molecule has 1 aromatic carbocycles. The van der Waals surface area contributed by atoms with Crippen LogP contribution in [0.15, 0.2) is 24.3 Å². The largest absolute Gasteiger partial charge is 0.383 e. The standard InChI is InChI=1S/C17H25ClN2O2/c1-13(12-22-2)19-17(21)15-7-9-20(10-8-15)11-14-3-5-16(18)6-4-14/h3-6,13,15H,7-12H2,1-2H3,(H,19,21). The minimum Gasteiger partial charge on any atom is -0.383 e. The number of halogens is 1. The molecule has 22 heavy (non-hydrogen) atoms. The van der Waals surface area contributed by atoms with Crippen molar-refractivity contribution in [3.05, 3.63) is 34.9 Å². The number of carbonyl (C=O) groups excluding carboxylic acids is 1. The smallest absolute Gasteiger partial charge is 0.223 e. The van der Waals surface area contributed by atoms with Gasteiger partial charge in [-0.3, -0.25) is 9.69 Å². The molecule has 0 radical (unpaired) electrons. The van der Waals surface area contributed by atoms with Crippen LogP contribution < -0.4 is 5.32 Å². The number of nitrogens with one attached hydrogen (secondary N) is 1. The Labute approximate surface area is 137 Å². The number of methoxy groups -OCH3 is 1. The van der Waals surface area contributed by atoms with E-state index in [-0.39, 0.29) is 17.9 Å². The first-order chi connectivity index (χ1) is 10.6. The summed E-state index contributed by atoms with van der Waals surface area (Å²) in [4.78, 5) is 14.6. The SMILES string of the molecule is COCC(C)NC(=O)C1CCN(Cc2ccc(Cl)cc2)CC1. The molecular formula is C17H25ClN2O2. The van der Waals surface area contributed by atoms with E-state index < -0.39 is 0 Å². The van der Waals surface area contributed by atoms with Gasteiger partial charge in [0.2, 0.25) is 5.91 Å². The Balaban J connectivity index is 1.75. The highest BCUT2D eigenvalue weighted by Crippen LogP contribution is 2.20. The van der Waals surface area contributed by atoms with Crippen molar-refractivity contribution in [1.82, 2.24) is 10.2 Å². The number of carbonyl (C=O) groups is 1. The fourth-order valence-electron chi connectivity index (χ4n) is 2.85. The van der Waals surface area contributed by atoms with E-state index in [4.69, 9.17) is 16.3 Å². The lowest BCUT2D eigenvalue weighted by Crippen LogP contribution is -2.44. The van der Waals surface area contributed by atoms with Crippen LogP contribution in [-0.4, -0.2) is 43.7 Å². The molecule has 0 aliphatic carbocycles. The van der Waals surface area contributed by atoms with Gasteiger partial charge in [-0.2, -0.15) is 0 Å². The minimum absolute atomic E-state index is 0.0737. The third kappa shape index (κ3) is 5.27. The monoisotopic (exact) mass is 324 g/mol. The van der Waals surface area contributed by atoms with Crippen LogP contribution in [0, 0.1) is 5.92 Å². The average molecular weight is 325 g/mol. The summed E-state index contributed by atoms with van der Waals surface area (Å²) in [6.07, 6.45) is 1.83. The zero-order chi connectivity index (χ0) is 15.9. The van der Waals surface area contributed by atoms with Gasteiger partial charge in [0.15, 0.2) is 0 Å². The van der Waals surface area contributed by atoms with Crippen LogP contribution in [0.5, 0.6) is 0 Å². The van der Waals surface area contributed by atoms with Crippen molar-refractivity contribution >= 4 is 17.5 Å². The second-order valence-electron chi connectivity index (χ2n) is 6.04. The summed E-state index contributed by atoms with van der Waals surface area (Å²) >= 11 is 5.91. The summed E-state index contributed by atoms with van der Waals surface area (Å²) in [5.41, 5.74) is 1.26. The summed E-state index contributed by atoms with van der Waals surface area (Å²) in [6.45, 7) is 5.36. The van der Waals surface area contributed by atoms with Crippen LogP contribution in [0.25, 0.3) is 0 Å². The van der Waals surface area contributed by atoms with Gasteiger partial charge in [-0.05, 0) is 50.6 Å². The highest BCUT2D eigenvalue weighted by molar-refractivity contribution is 6.30. The van der Waals surface area contributed by atoms with Gasteiger partial charge in [-0.1, -0.05) is 23.7 Å². The molecule has 2 rings (SSSR count). The second-order valence-corrected chi connectivity index (χ2v) is 6.48. The normalized spacial score (nSPS) is 18.1. The number of likely N-dealkylation sites (tertiary alicyclic amines) is 1. The number of hydrogen-bond acceptors (Lipinski definition) is 3. The molecule has 0 aromatic heterocycles. The molecule has 1 unspecified atom stereocenters. The van der Waals surface area contributed by atoms with Crippen molar-refractivity contribution in [2.45, 2.75) is 32.4 Å². The van der Waals surface area contributed by atoms with Crippen molar-refractivity contribution in [3.63, 3.8) is 0 Å². The topological polar surface area (TPSA) is 41.6 Å². The zero-order valence-electron chi connectivity index (χ0n) is 13.3. The summed E-state index contributed by atoms with van der Waals surface area (Å²) in [5, 5.41) is 3.79. The second kappa shape index (κ2) is 8.51. The van der Waals surface area contributed by atoms with Crippen molar-refractivity contribution in [2.75, 3.05) is 26.8 Å². The van der Waals surface area contributed by atoms with Crippen LogP contribution in [-0.2, 0) is 16.1 Å². The number of hydrogen-bond donors (Lipinski definition) is 1. The molecule has 1 N–H and O–H groups in total. The minimum atomic E-state index is 0.0737. The number of nitrogens with zero attached hydrogens (tertiary/aromatic N) is 1. The Hall–Kier alpha value is -1.10. The lowest BCUT2D eigenvalue weighted by molar-refractivity contribution is -0.127. The quantitative estimate of drug-likeness (QED) is 0.874. The molecule has 1 heterocycles. The van der Waals surface area contributed by atoms with Gasteiger partial charge in [0.25, 0.3) is 0 Å². The van der Waals surface area contributed by atoms with Crippen LogP contribution >= 0.6 is 11.6 Å². The first-order valence-corrected chi connectivity index (χ1v) is 8.22.